The van der Waals surface area contributed by atoms with Gasteiger partial charge in [-0.05, 0) is 18.2 Å². The SMILES string of the molecule is COc1cc(Br)cc2[nH]c(CN)cc12. The van der Waals surface area contributed by atoms with Gasteiger partial charge in [-0.2, -0.15) is 0 Å². The van der Waals surface area contributed by atoms with Crippen LogP contribution in [0.15, 0.2) is 22.7 Å². The van der Waals surface area contributed by atoms with Crippen LogP contribution in [0.1, 0.15) is 5.69 Å². The van der Waals surface area contributed by atoms with Gasteiger partial charge in [0.2, 0.25) is 0 Å². The second-order valence-electron chi connectivity index (χ2n) is 3.07. The Morgan fingerprint density at radius 3 is 2.86 bits per heavy atom. The number of H-pyrrole nitrogens is 1. The number of nitrogens with two attached hydrogens (primary N) is 1. The van der Waals surface area contributed by atoms with Crippen LogP contribution in [-0.2, 0) is 6.54 Å². The molecule has 74 valence electrons. The number of aromatic amines is 1. The zero-order chi connectivity index (χ0) is 10.1. The summed E-state index contributed by atoms with van der Waals surface area (Å²) in [5, 5.41) is 1.07. The lowest BCUT2D eigenvalue weighted by atomic mass is 10.2. The Bertz CT molecular complexity index is 464. The molecule has 0 fully saturated rings. The Morgan fingerprint density at radius 1 is 1.43 bits per heavy atom. The summed E-state index contributed by atoms with van der Waals surface area (Å²) in [4.78, 5) is 3.23. The van der Waals surface area contributed by atoms with E-state index in [9.17, 15) is 0 Å². The molecule has 0 saturated carbocycles. The normalized spacial score (nSPS) is 10.8. The first-order chi connectivity index (χ1) is 6.74. The minimum atomic E-state index is 0.509. The third-order valence-corrected chi connectivity index (χ3v) is 2.62. The van der Waals surface area contributed by atoms with Gasteiger partial charge in [0.1, 0.15) is 5.75 Å². The molecule has 0 unspecified atom stereocenters. The largest absolute Gasteiger partial charge is 0.496 e. The lowest BCUT2D eigenvalue weighted by Crippen LogP contribution is -1.94. The number of hydrogen-bond acceptors (Lipinski definition) is 2. The van der Waals surface area contributed by atoms with Crippen LogP contribution in [0.2, 0.25) is 0 Å². The van der Waals surface area contributed by atoms with Gasteiger partial charge in [0.05, 0.1) is 12.6 Å². The molecule has 0 saturated heterocycles. The van der Waals surface area contributed by atoms with Crippen LogP contribution in [0.5, 0.6) is 5.75 Å². The molecule has 2 rings (SSSR count). The first-order valence-electron chi connectivity index (χ1n) is 4.30. The quantitative estimate of drug-likeness (QED) is 0.865. The number of halogens is 1. The van der Waals surface area contributed by atoms with Crippen molar-refractivity contribution in [1.82, 2.24) is 4.98 Å². The van der Waals surface area contributed by atoms with Gasteiger partial charge in [-0.15, -0.1) is 0 Å². The van der Waals surface area contributed by atoms with Crippen molar-refractivity contribution < 1.29 is 4.74 Å². The number of methoxy groups -OCH3 is 1. The summed E-state index contributed by atoms with van der Waals surface area (Å²) in [7, 11) is 1.66. The Labute approximate surface area is 90.4 Å². The van der Waals surface area contributed by atoms with Crippen molar-refractivity contribution in [3.05, 3.63) is 28.4 Å². The van der Waals surface area contributed by atoms with Crippen molar-refractivity contribution in [2.24, 2.45) is 5.73 Å². The Balaban J connectivity index is 2.71. The lowest BCUT2D eigenvalue weighted by molar-refractivity contribution is 0.419. The monoisotopic (exact) mass is 254 g/mol. The topological polar surface area (TPSA) is 51.0 Å². The van der Waals surface area contributed by atoms with Crippen molar-refractivity contribution in [3.63, 3.8) is 0 Å². The fourth-order valence-corrected chi connectivity index (χ4v) is 1.94. The molecule has 0 bridgehead atoms. The van der Waals surface area contributed by atoms with Crippen molar-refractivity contribution in [2.45, 2.75) is 6.54 Å². The fourth-order valence-electron chi connectivity index (χ4n) is 1.51. The van der Waals surface area contributed by atoms with Crippen LogP contribution >= 0.6 is 15.9 Å². The number of ether oxygens (including phenoxy) is 1. The van der Waals surface area contributed by atoms with E-state index in [1.807, 2.05) is 18.2 Å². The zero-order valence-corrected chi connectivity index (χ0v) is 9.39. The maximum Gasteiger partial charge on any atom is 0.129 e. The number of rotatable bonds is 2. The van der Waals surface area contributed by atoms with E-state index < -0.39 is 0 Å². The smallest absolute Gasteiger partial charge is 0.129 e. The molecule has 14 heavy (non-hydrogen) atoms. The van der Waals surface area contributed by atoms with E-state index in [0.29, 0.717) is 6.54 Å². The van der Waals surface area contributed by atoms with Crippen molar-refractivity contribution in [2.75, 3.05) is 7.11 Å². The molecule has 0 atom stereocenters. The van der Waals surface area contributed by atoms with Crippen molar-refractivity contribution in [1.29, 1.82) is 0 Å². The molecule has 0 aliphatic carbocycles. The van der Waals surface area contributed by atoms with Gasteiger partial charge >= 0.3 is 0 Å². The van der Waals surface area contributed by atoms with Crippen LogP contribution < -0.4 is 10.5 Å². The summed E-state index contributed by atoms with van der Waals surface area (Å²) in [5.41, 5.74) is 7.61. The first kappa shape index (κ1) is 9.55. The fraction of sp³-hybridized carbons (Fsp3) is 0.200. The summed E-state index contributed by atoms with van der Waals surface area (Å²) in [6.07, 6.45) is 0. The third kappa shape index (κ3) is 1.51. The van der Waals surface area contributed by atoms with Gasteiger partial charge in [-0.3, -0.25) is 0 Å². The van der Waals surface area contributed by atoms with Gasteiger partial charge in [0.25, 0.3) is 0 Å². The second kappa shape index (κ2) is 3.63. The molecule has 0 aliphatic rings. The first-order valence-corrected chi connectivity index (χ1v) is 5.09. The minimum absolute atomic E-state index is 0.509. The molecule has 2 aromatic rings. The maximum atomic E-state index is 5.56. The molecule has 0 amide bonds. The highest BCUT2D eigenvalue weighted by Crippen LogP contribution is 2.30. The Kier molecular flexibility index (Phi) is 2.48. The zero-order valence-electron chi connectivity index (χ0n) is 7.80. The molecule has 1 aromatic heterocycles. The minimum Gasteiger partial charge on any atom is -0.496 e. The molecule has 0 spiro atoms. The molecule has 3 nitrogen and oxygen atoms in total. The number of hydrogen-bond donors (Lipinski definition) is 2. The highest BCUT2D eigenvalue weighted by molar-refractivity contribution is 9.10. The van der Waals surface area contributed by atoms with Crippen molar-refractivity contribution >= 4 is 26.8 Å². The molecule has 1 heterocycles. The summed E-state index contributed by atoms with van der Waals surface area (Å²) in [6.45, 7) is 0.509. The standard InChI is InChI=1S/C10H11BrN2O/c1-14-10-3-6(11)2-9-8(10)4-7(5-12)13-9/h2-4,13H,5,12H2,1H3. The maximum absolute atomic E-state index is 5.56. The average molecular weight is 255 g/mol. The van der Waals surface area contributed by atoms with E-state index >= 15 is 0 Å². The van der Waals surface area contributed by atoms with Crippen LogP contribution in [0.25, 0.3) is 10.9 Å². The predicted octanol–water partition coefficient (Wildman–Crippen LogP) is 2.40. The van der Waals surface area contributed by atoms with Gasteiger partial charge < -0.3 is 15.5 Å². The lowest BCUT2D eigenvalue weighted by Gasteiger charge is -2.01. The van der Waals surface area contributed by atoms with E-state index in [0.717, 1.165) is 26.8 Å². The summed E-state index contributed by atoms with van der Waals surface area (Å²) in [6, 6.07) is 5.97. The summed E-state index contributed by atoms with van der Waals surface area (Å²) in [5.74, 6) is 0.852. The molecular formula is C10H11BrN2O. The molecule has 4 heteroatoms. The number of benzene rings is 1. The Morgan fingerprint density at radius 2 is 2.21 bits per heavy atom. The van der Waals surface area contributed by atoms with Crippen LogP contribution in [0, 0.1) is 0 Å². The van der Waals surface area contributed by atoms with Gasteiger partial charge in [-0.1, -0.05) is 15.9 Å². The van der Waals surface area contributed by atoms with E-state index in [2.05, 4.69) is 20.9 Å². The second-order valence-corrected chi connectivity index (χ2v) is 3.98. The molecule has 3 N–H and O–H groups in total. The van der Waals surface area contributed by atoms with Crippen LogP contribution in [-0.4, -0.2) is 12.1 Å². The summed E-state index contributed by atoms with van der Waals surface area (Å²) >= 11 is 3.42. The van der Waals surface area contributed by atoms with Gasteiger partial charge in [0, 0.05) is 22.1 Å². The average Bonchev–Trinajstić information content (AvgIpc) is 2.59. The molecule has 0 aliphatic heterocycles. The predicted molar refractivity (Wildman–Crippen MR) is 60.4 cm³/mol. The van der Waals surface area contributed by atoms with E-state index in [1.54, 1.807) is 7.11 Å². The molecular weight excluding hydrogens is 244 g/mol. The highest BCUT2D eigenvalue weighted by Gasteiger charge is 2.06. The van der Waals surface area contributed by atoms with Crippen LogP contribution in [0.3, 0.4) is 0 Å². The van der Waals surface area contributed by atoms with Crippen LogP contribution in [0.4, 0.5) is 0 Å². The van der Waals surface area contributed by atoms with E-state index in [-0.39, 0.29) is 0 Å². The number of fused-ring (bicyclic) bond motifs is 1. The Hall–Kier alpha value is -1.00. The molecule has 1 aromatic carbocycles. The van der Waals surface area contributed by atoms with E-state index in [4.69, 9.17) is 10.5 Å². The van der Waals surface area contributed by atoms with Gasteiger partial charge in [0.15, 0.2) is 0 Å². The molecule has 0 radical (unpaired) electrons. The number of nitrogens with one attached hydrogen (secondary N) is 1. The third-order valence-electron chi connectivity index (χ3n) is 2.16. The van der Waals surface area contributed by atoms with E-state index in [1.165, 1.54) is 0 Å². The highest BCUT2D eigenvalue weighted by atomic mass is 79.9. The van der Waals surface area contributed by atoms with Gasteiger partial charge in [-0.25, -0.2) is 0 Å². The number of aromatic nitrogens is 1. The van der Waals surface area contributed by atoms with Crippen molar-refractivity contribution in [3.8, 4) is 5.75 Å². The summed E-state index contributed by atoms with van der Waals surface area (Å²) < 4.78 is 6.27.